The average Bonchev–Trinajstić information content (AvgIpc) is 3.00. The first-order valence-electron chi connectivity index (χ1n) is 6.65. The molecule has 2 rings (SSSR count). The molecule has 20 heavy (non-hydrogen) atoms. The molecule has 0 saturated heterocycles. The molecule has 1 heterocycles. The van der Waals surface area contributed by atoms with Gasteiger partial charge in [0.15, 0.2) is 0 Å². The van der Waals surface area contributed by atoms with E-state index >= 15 is 0 Å². The Hall–Kier alpha value is -2.21. The maximum absolute atomic E-state index is 11.4. The Morgan fingerprint density at radius 1 is 1.30 bits per heavy atom. The first-order valence-corrected chi connectivity index (χ1v) is 6.65. The van der Waals surface area contributed by atoms with Crippen LogP contribution in [0.3, 0.4) is 0 Å². The van der Waals surface area contributed by atoms with Crippen molar-refractivity contribution in [2.24, 2.45) is 0 Å². The lowest BCUT2D eigenvalue weighted by Crippen LogP contribution is -2.18. The SMILES string of the molecule is CNC(=O)c1ccc(CNCCCn2ccnn2)cc1. The molecular weight excluding hydrogens is 254 g/mol. The minimum atomic E-state index is -0.0580. The quantitative estimate of drug-likeness (QED) is 0.733. The van der Waals surface area contributed by atoms with E-state index in [1.165, 1.54) is 5.56 Å². The molecule has 0 atom stereocenters. The monoisotopic (exact) mass is 273 g/mol. The van der Waals surface area contributed by atoms with E-state index in [0.29, 0.717) is 5.56 Å². The van der Waals surface area contributed by atoms with E-state index in [0.717, 1.165) is 26.1 Å². The van der Waals surface area contributed by atoms with E-state index in [4.69, 9.17) is 0 Å². The zero-order chi connectivity index (χ0) is 14.2. The van der Waals surface area contributed by atoms with Crippen molar-refractivity contribution in [1.29, 1.82) is 0 Å². The fourth-order valence-corrected chi connectivity index (χ4v) is 1.87. The number of nitrogens with one attached hydrogen (secondary N) is 2. The summed E-state index contributed by atoms with van der Waals surface area (Å²) in [6.07, 6.45) is 4.54. The highest BCUT2D eigenvalue weighted by Gasteiger charge is 2.01. The molecule has 1 aromatic carbocycles. The number of carbonyl (C=O) groups is 1. The molecule has 0 saturated carbocycles. The molecule has 6 heteroatoms. The Balaban J connectivity index is 1.67. The highest BCUT2D eigenvalue weighted by Crippen LogP contribution is 2.04. The van der Waals surface area contributed by atoms with Crippen molar-refractivity contribution < 1.29 is 4.79 Å². The van der Waals surface area contributed by atoms with Crippen LogP contribution >= 0.6 is 0 Å². The molecule has 6 nitrogen and oxygen atoms in total. The number of benzene rings is 1. The van der Waals surface area contributed by atoms with E-state index in [1.807, 2.05) is 35.1 Å². The number of aromatic nitrogens is 3. The molecule has 0 aliphatic rings. The fraction of sp³-hybridized carbons (Fsp3) is 0.357. The highest BCUT2D eigenvalue weighted by atomic mass is 16.1. The summed E-state index contributed by atoms with van der Waals surface area (Å²) in [5.74, 6) is -0.0580. The Morgan fingerprint density at radius 2 is 2.10 bits per heavy atom. The van der Waals surface area contributed by atoms with Gasteiger partial charge in [-0.2, -0.15) is 0 Å². The van der Waals surface area contributed by atoms with Crippen LogP contribution in [-0.4, -0.2) is 34.5 Å². The van der Waals surface area contributed by atoms with Gasteiger partial charge in [0.1, 0.15) is 0 Å². The van der Waals surface area contributed by atoms with Gasteiger partial charge in [0.05, 0.1) is 6.20 Å². The zero-order valence-electron chi connectivity index (χ0n) is 11.5. The van der Waals surface area contributed by atoms with Crippen molar-refractivity contribution in [2.45, 2.75) is 19.5 Å². The third-order valence-electron chi connectivity index (χ3n) is 2.99. The Morgan fingerprint density at radius 3 is 2.75 bits per heavy atom. The summed E-state index contributed by atoms with van der Waals surface area (Å²) in [6, 6.07) is 7.61. The predicted molar refractivity (Wildman–Crippen MR) is 76.2 cm³/mol. The number of aryl methyl sites for hydroxylation is 1. The standard InChI is InChI=1S/C14H19N5O/c1-15-14(20)13-5-3-12(4-6-13)11-16-7-2-9-19-10-8-17-18-19/h3-6,8,10,16H,2,7,9,11H2,1H3,(H,15,20). The van der Waals surface area contributed by atoms with Crippen LogP contribution in [0.15, 0.2) is 36.7 Å². The molecule has 0 spiro atoms. The van der Waals surface area contributed by atoms with Gasteiger partial charge in [0.25, 0.3) is 5.91 Å². The van der Waals surface area contributed by atoms with Crippen LogP contribution in [0, 0.1) is 0 Å². The Labute approximate surface area is 118 Å². The molecule has 1 amide bonds. The van der Waals surface area contributed by atoms with E-state index < -0.39 is 0 Å². The van der Waals surface area contributed by atoms with Crippen LogP contribution in [0.4, 0.5) is 0 Å². The lowest BCUT2D eigenvalue weighted by Gasteiger charge is -2.06. The number of amides is 1. The van der Waals surface area contributed by atoms with Crippen LogP contribution in [0.1, 0.15) is 22.3 Å². The van der Waals surface area contributed by atoms with Crippen molar-refractivity contribution in [3.63, 3.8) is 0 Å². The molecule has 0 radical (unpaired) electrons. The van der Waals surface area contributed by atoms with Gasteiger partial charge in [-0.3, -0.25) is 9.48 Å². The molecule has 0 unspecified atom stereocenters. The van der Waals surface area contributed by atoms with Crippen LogP contribution in [-0.2, 0) is 13.1 Å². The summed E-state index contributed by atoms with van der Waals surface area (Å²) < 4.78 is 1.82. The third-order valence-corrected chi connectivity index (χ3v) is 2.99. The largest absolute Gasteiger partial charge is 0.355 e. The van der Waals surface area contributed by atoms with Crippen molar-refractivity contribution >= 4 is 5.91 Å². The van der Waals surface area contributed by atoms with E-state index in [1.54, 1.807) is 13.2 Å². The molecule has 0 fully saturated rings. The van der Waals surface area contributed by atoms with Gasteiger partial charge in [-0.15, -0.1) is 5.10 Å². The average molecular weight is 273 g/mol. The maximum atomic E-state index is 11.4. The Kier molecular flexibility index (Phi) is 5.25. The highest BCUT2D eigenvalue weighted by molar-refractivity contribution is 5.93. The summed E-state index contributed by atoms with van der Waals surface area (Å²) in [6.45, 7) is 2.57. The van der Waals surface area contributed by atoms with E-state index in [9.17, 15) is 4.79 Å². The summed E-state index contributed by atoms with van der Waals surface area (Å²) in [7, 11) is 1.63. The first kappa shape index (κ1) is 14.2. The van der Waals surface area contributed by atoms with Crippen LogP contribution in [0.5, 0.6) is 0 Å². The molecule has 106 valence electrons. The lowest BCUT2D eigenvalue weighted by atomic mass is 10.1. The molecule has 0 aliphatic carbocycles. The molecule has 0 bridgehead atoms. The number of rotatable bonds is 7. The molecule has 2 N–H and O–H groups in total. The van der Waals surface area contributed by atoms with Gasteiger partial charge in [0.2, 0.25) is 0 Å². The van der Waals surface area contributed by atoms with Crippen LogP contribution in [0.2, 0.25) is 0 Å². The molecule has 2 aromatic rings. The van der Waals surface area contributed by atoms with Gasteiger partial charge in [-0.1, -0.05) is 17.3 Å². The van der Waals surface area contributed by atoms with Gasteiger partial charge in [-0.25, -0.2) is 0 Å². The van der Waals surface area contributed by atoms with Crippen LogP contribution < -0.4 is 10.6 Å². The minimum absolute atomic E-state index is 0.0580. The van der Waals surface area contributed by atoms with Gasteiger partial charge >= 0.3 is 0 Å². The van der Waals surface area contributed by atoms with Gasteiger partial charge in [-0.05, 0) is 30.7 Å². The zero-order valence-corrected chi connectivity index (χ0v) is 11.5. The molecular formula is C14H19N5O. The molecule has 0 aliphatic heterocycles. The lowest BCUT2D eigenvalue weighted by molar-refractivity contribution is 0.0963. The normalized spacial score (nSPS) is 10.4. The van der Waals surface area contributed by atoms with Crippen molar-refractivity contribution in [2.75, 3.05) is 13.6 Å². The smallest absolute Gasteiger partial charge is 0.251 e. The third kappa shape index (κ3) is 4.17. The Bertz CT molecular complexity index is 521. The number of hydrogen-bond donors (Lipinski definition) is 2. The van der Waals surface area contributed by atoms with Gasteiger partial charge < -0.3 is 10.6 Å². The van der Waals surface area contributed by atoms with Gasteiger partial charge in [0, 0.05) is 31.9 Å². The summed E-state index contributed by atoms with van der Waals surface area (Å²) in [5, 5.41) is 13.6. The first-order chi connectivity index (χ1) is 9.79. The fourth-order valence-electron chi connectivity index (χ4n) is 1.87. The molecule has 1 aromatic heterocycles. The van der Waals surface area contributed by atoms with Crippen molar-refractivity contribution in [3.05, 3.63) is 47.8 Å². The van der Waals surface area contributed by atoms with Crippen LogP contribution in [0.25, 0.3) is 0 Å². The van der Waals surface area contributed by atoms with Crippen molar-refractivity contribution in [1.82, 2.24) is 25.6 Å². The topological polar surface area (TPSA) is 71.8 Å². The number of carbonyl (C=O) groups excluding carboxylic acids is 1. The van der Waals surface area contributed by atoms with E-state index in [2.05, 4.69) is 20.9 Å². The second-order valence-electron chi connectivity index (χ2n) is 4.47. The number of hydrogen-bond acceptors (Lipinski definition) is 4. The maximum Gasteiger partial charge on any atom is 0.251 e. The number of nitrogens with zero attached hydrogens (tertiary/aromatic N) is 3. The van der Waals surface area contributed by atoms with Crippen molar-refractivity contribution in [3.8, 4) is 0 Å². The second-order valence-corrected chi connectivity index (χ2v) is 4.47. The second kappa shape index (κ2) is 7.40. The summed E-state index contributed by atoms with van der Waals surface area (Å²) >= 11 is 0. The minimum Gasteiger partial charge on any atom is -0.355 e. The van der Waals surface area contributed by atoms with E-state index in [-0.39, 0.29) is 5.91 Å². The summed E-state index contributed by atoms with van der Waals surface area (Å²) in [4.78, 5) is 11.4. The predicted octanol–water partition coefficient (Wildman–Crippen LogP) is 0.818. The summed E-state index contributed by atoms with van der Waals surface area (Å²) in [5.41, 5.74) is 1.85.